The van der Waals surface area contributed by atoms with Crippen LogP contribution in [0.3, 0.4) is 0 Å². The number of rotatable bonds is 3. The summed E-state index contributed by atoms with van der Waals surface area (Å²) in [5.74, 6) is 1.07. The zero-order chi connectivity index (χ0) is 17.4. The lowest BCUT2D eigenvalue weighted by atomic mass is 10.1. The average Bonchev–Trinajstić information content (AvgIpc) is 3.30. The number of fused-ring (bicyclic) bond motifs is 1. The van der Waals surface area contributed by atoms with Crippen molar-refractivity contribution in [2.75, 3.05) is 19.8 Å². The van der Waals surface area contributed by atoms with Crippen molar-refractivity contribution >= 4 is 16.8 Å². The maximum Gasteiger partial charge on any atom is 0.256 e. The van der Waals surface area contributed by atoms with Crippen LogP contribution >= 0.6 is 0 Å². The van der Waals surface area contributed by atoms with Crippen LogP contribution in [0.5, 0.6) is 0 Å². The van der Waals surface area contributed by atoms with Crippen molar-refractivity contribution in [3.63, 3.8) is 0 Å². The van der Waals surface area contributed by atoms with Gasteiger partial charge in [0.2, 0.25) is 5.89 Å². The Kier molecular flexibility index (Phi) is 3.96. The molecule has 1 unspecified atom stereocenters. The van der Waals surface area contributed by atoms with E-state index in [9.17, 15) is 4.79 Å². The first kappa shape index (κ1) is 15.8. The van der Waals surface area contributed by atoms with Crippen molar-refractivity contribution < 1.29 is 14.1 Å². The molecule has 1 aliphatic rings. The van der Waals surface area contributed by atoms with Gasteiger partial charge in [-0.05, 0) is 6.07 Å². The number of amides is 1. The normalized spacial score (nSPS) is 18.2. The number of carbonyl (C=O) groups excluding carboxylic acids is 1. The molecule has 1 aliphatic heterocycles. The topological polar surface area (TPSA) is 97.1 Å². The smallest absolute Gasteiger partial charge is 0.256 e. The van der Waals surface area contributed by atoms with Gasteiger partial charge >= 0.3 is 0 Å². The maximum atomic E-state index is 13.2. The summed E-state index contributed by atoms with van der Waals surface area (Å²) in [6.07, 6.45) is 1.71. The van der Waals surface area contributed by atoms with E-state index in [1.54, 1.807) is 17.2 Å². The molecule has 0 spiro atoms. The number of aromatic amines is 1. The van der Waals surface area contributed by atoms with Gasteiger partial charge in [-0.2, -0.15) is 10.1 Å². The minimum atomic E-state index is -0.365. The highest BCUT2D eigenvalue weighted by atomic mass is 16.5. The number of H-pyrrole nitrogens is 1. The number of hydrogen-bond donors (Lipinski definition) is 1. The second-order valence-electron chi connectivity index (χ2n) is 6.37. The summed E-state index contributed by atoms with van der Waals surface area (Å²) in [4.78, 5) is 19.4. The Labute approximate surface area is 144 Å². The largest absolute Gasteiger partial charge is 0.377 e. The molecule has 1 atom stereocenters. The second-order valence-corrected chi connectivity index (χ2v) is 6.37. The van der Waals surface area contributed by atoms with Crippen molar-refractivity contribution in [2.24, 2.45) is 0 Å². The van der Waals surface area contributed by atoms with Gasteiger partial charge in [0.15, 0.2) is 5.82 Å². The predicted molar refractivity (Wildman–Crippen MR) is 89.1 cm³/mol. The van der Waals surface area contributed by atoms with E-state index in [-0.39, 0.29) is 17.9 Å². The first-order valence-electron chi connectivity index (χ1n) is 8.29. The third-order valence-corrected chi connectivity index (χ3v) is 4.35. The van der Waals surface area contributed by atoms with Gasteiger partial charge in [0, 0.05) is 17.8 Å². The molecule has 0 saturated carbocycles. The maximum absolute atomic E-state index is 13.2. The van der Waals surface area contributed by atoms with Gasteiger partial charge in [-0.25, -0.2) is 0 Å². The molecule has 3 aromatic rings. The Hall–Kier alpha value is -2.74. The molecule has 0 bridgehead atoms. The Morgan fingerprint density at radius 2 is 2.28 bits per heavy atom. The summed E-state index contributed by atoms with van der Waals surface area (Å²) in [7, 11) is 0. The Morgan fingerprint density at radius 3 is 3.08 bits per heavy atom. The highest BCUT2D eigenvalue weighted by Crippen LogP contribution is 2.27. The number of nitrogens with one attached hydrogen (secondary N) is 1. The highest BCUT2D eigenvalue weighted by Gasteiger charge is 2.33. The summed E-state index contributed by atoms with van der Waals surface area (Å²) in [5.41, 5.74) is 1.31. The van der Waals surface area contributed by atoms with Crippen LogP contribution in [-0.2, 0) is 4.74 Å². The summed E-state index contributed by atoms with van der Waals surface area (Å²) < 4.78 is 10.9. The Bertz CT molecular complexity index is 900. The van der Waals surface area contributed by atoms with Crippen molar-refractivity contribution in [3.8, 4) is 0 Å². The average molecular weight is 341 g/mol. The molecule has 1 fully saturated rings. The van der Waals surface area contributed by atoms with E-state index in [1.165, 1.54) is 0 Å². The fourth-order valence-electron chi connectivity index (χ4n) is 2.98. The van der Waals surface area contributed by atoms with Crippen LogP contribution < -0.4 is 0 Å². The van der Waals surface area contributed by atoms with E-state index in [0.717, 1.165) is 10.9 Å². The van der Waals surface area contributed by atoms with Crippen LogP contribution in [0.4, 0.5) is 0 Å². The van der Waals surface area contributed by atoms with E-state index < -0.39 is 0 Å². The van der Waals surface area contributed by atoms with Crippen LogP contribution in [0.1, 0.15) is 47.9 Å². The van der Waals surface area contributed by atoms with Crippen LogP contribution in [0.2, 0.25) is 0 Å². The number of benzene rings is 1. The number of hydrogen-bond acceptors (Lipinski definition) is 6. The molecule has 1 saturated heterocycles. The fourth-order valence-corrected chi connectivity index (χ4v) is 2.98. The molecule has 4 rings (SSSR count). The lowest BCUT2D eigenvalue weighted by molar-refractivity contribution is -0.00567. The molecular formula is C17H19N5O3. The van der Waals surface area contributed by atoms with E-state index >= 15 is 0 Å². The van der Waals surface area contributed by atoms with Gasteiger partial charge < -0.3 is 14.2 Å². The molecule has 1 N–H and O–H groups in total. The fraction of sp³-hybridized carbons (Fsp3) is 0.412. The van der Waals surface area contributed by atoms with Crippen LogP contribution in [0.15, 0.2) is 28.9 Å². The molecule has 8 nitrogen and oxygen atoms in total. The van der Waals surface area contributed by atoms with Gasteiger partial charge in [0.1, 0.15) is 6.04 Å². The van der Waals surface area contributed by atoms with Crippen LogP contribution in [0.25, 0.3) is 10.9 Å². The minimum Gasteiger partial charge on any atom is -0.377 e. The summed E-state index contributed by atoms with van der Waals surface area (Å²) in [6, 6.07) is 5.20. The first-order chi connectivity index (χ1) is 12.1. The second kappa shape index (κ2) is 6.29. The number of aromatic nitrogens is 4. The van der Waals surface area contributed by atoms with Crippen molar-refractivity contribution in [3.05, 3.63) is 41.7 Å². The van der Waals surface area contributed by atoms with Gasteiger partial charge in [-0.15, -0.1) is 0 Å². The van der Waals surface area contributed by atoms with Gasteiger partial charge in [0.25, 0.3) is 5.91 Å². The molecule has 8 heteroatoms. The molecule has 25 heavy (non-hydrogen) atoms. The lowest BCUT2D eigenvalue weighted by Crippen LogP contribution is -2.44. The van der Waals surface area contributed by atoms with Crippen molar-refractivity contribution in [1.29, 1.82) is 0 Å². The minimum absolute atomic E-state index is 0.0981. The highest BCUT2D eigenvalue weighted by molar-refractivity contribution is 6.05. The molecular weight excluding hydrogens is 322 g/mol. The van der Waals surface area contributed by atoms with E-state index in [4.69, 9.17) is 9.26 Å². The quantitative estimate of drug-likeness (QED) is 0.785. The predicted octanol–water partition coefficient (Wildman–Crippen LogP) is 2.28. The monoisotopic (exact) mass is 341 g/mol. The lowest BCUT2D eigenvalue weighted by Gasteiger charge is -2.33. The molecule has 3 heterocycles. The van der Waals surface area contributed by atoms with Crippen molar-refractivity contribution in [1.82, 2.24) is 25.2 Å². The van der Waals surface area contributed by atoms with E-state index in [0.29, 0.717) is 37.0 Å². The standard InChI is InChI=1S/C17H19N5O3/c1-10(2)16-19-15(21-25-16)13-9-24-7-6-22(13)17(23)12-5-3-4-11-8-18-20-14(11)12/h3-5,8,10,13H,6-7,9H2,1-2H3,(H,18,20). The summed E-state index contributed by atoms with van der Waals surface area (Å²) >= 11 is 0. The third kappa shape index (κ3) is 2.78. The molecule has 130 valence electrons. The molecule has 1 aromatic carbocycles. The van der Waals surface area contributed by atoms with E-state index in [1.807, 2.05) is 26.0 Å². The molecule has 0 aliphatic carbocycles. The molecule has 2 aromatic heterocycles. The number of carbonyl (C=O) groups is 1. The Morgan fingerprint density at radius 1 is 1.40 bits per heavy atom. The summed E-state index contributed by atoms with van der Waals surface area (Å²) in [5, 5.41) is 11.9. The number of morpholine rings is 1. The van der Waals surface area contributed by atoms with Crippen molar-refractivity contribution in [2.45, 2.75) is 25.8 Å². The molecule has 1 amide bonds. The summed E-state index contributed by atoms with van der Waals surface area (Å²) in [6.45, 7) is 5.27. The SMILES string of the molecule is CC(C)c1nc(C2COCCN2C(=O)c2cccc3cn[nH]c23)no1. The van der Waals surface area contributed by atoms with Crippen LogP contribution in [-0.4, -0.2) is 50.9 Å². The third-order valence-electron chi connectivity index (χ3n) is 4.35. The number of nitrogens with zero attached hydrogens (tertiary/aromatic N) is 4. The number of ether oxygens (including phenoxy) is 1. The zero-order valence-electron chi connectivity index (χ0n) is 14.1. The number of para-hydroxylation sites is 1. The van der Waals surface area contributed by atoms with Gasteiger partial charge in [-0.3, -0.25) is 9.89 Å². The first-order valence-corrected chi connectivity index (χ1v) is 8.29. The van der Waals surface area contributed by atoms with Gasteiger partial charge in [0.05, 0.1) is 30.5 Å². The van der Waals surface area contributed by atoms with Gasteiger partial charge in [-0.1, -0.05) is 31.1 Å². The van der Waals surface area contributed by atoms with E-state index in [2.05, 4.69) is 20.3 Å². The van der Waals surface area contributed by atoms with Crippen LogP contribution in [0, 0.1) is 0 Å². The zero-order valence-corrected chi connectivity index (χ0v) is 14.1. The Balaban J connectivity index is 1.68. The molecule has 0 radical (unpaired) electrons.